The number of nitrogens with zero attached hydrogens (tertiary/aromatic N) is 4. The average Bonchev–Trinajstić information content (AvgIpc) is 2.83. The Balaban J connectivity index is 2.38. The van der Waals surface area contributed by atoms with Gasteiger partial charge in [-0.1, -0.05) is 6.92 Å². The standard InChI is InChI=1S/C11H14F3N5O/c1-3-10(2,20)5-15-8-4-7(11(12,13)14)18-9-16-6-17-19(8)9/h4,6,15,20H,3,5H2,1-2H3/t10-/m1/s1. The molecular formula is C11H14F3N5O. The number of alkyl halides is 3. The first-order valence-electron chi connectivity index (χ1n) is 5.97. The zero-order valence-corrected chi connectivity index (χ0v) is 10.9. The first-order chi connectivity index (χ1) is 9.23. The first kappa shape index (κ1) is 14.5. The number of hydrogen-bond donors (Lipinski definition) is 2. The lowest BCUT2D eigenvalue weighted by Gasteiger charge is -2.22. The molecule has 1 atom stereocenters. The van der Waals surface area contributed by atoms with Gasteiger partial charge in [-0.15, -0.1) is 0 Å². The lowest BCUT2D eigenvalue weighted by molar-refractivity contribution is -0.141. The van der Waals surface area contributed by atoms with E-state index in [9.17, 15) is 18.3 Å². The van der Waals surface area contributed by atoms with Gasteiger partial charge in [0.05, 0.1) is 5.60 Å². The summed E-state index contributed by atoms with van der Waals surface area (Å²) >= 11 is 0. The number of aromatic nitrogens is 4. The van der Waals surface area contributed by atoms with Gasteiger partial charge in [0.2, 0.25) is 0 Å². The fraction of sp³-hybridized carbons (Fsp3) is 0.545. The number of hydrogen-bond acceptors (Lipinski definition) is 5. The van der Waals surface area contributed by atoms with E-state index in [0.29, 0.717) is 6.42 Å². The number of aliphatic hydroxyl groups is 1. The number of rotatable bonds is 4. The molecule has 20 heavy (non-hydrogen) atoms. The van der Waals surface area contributed by atoms with Crippen LogP contribution in [0.4, 0.5) is 19.0 Å². The molecule has 0 aliphatic heterocycles. The number of halogens is 3. The zero-order valence-electron chi connectivity index (χ0n) is 10.9. The third-order valence-electron chi connectivity index (χ3n) is 2.95. The molecule has 0 aromatic carbocycles. The lowest BCUT2D eigenvalue weighted by Crippen LogP contribution is -2.33. The van der Waals surface area contributed by atoms with E-state index in [1.807, 2.05) is 0 Å². The predicted molar refractivity (Wildman–Crippen MR) is 65.2 cm³/mol. The van der Waals surface area contributed by atoms with E-state index in [0.717, 1.165) is 16.9 Å². The van der Waals surface area contributed by atoms with E-state index in [2.05, 4.69) is 20.4 Å². The molecule has 0 spiro atoms. The van der Waals surface area contributed by atoms with Gasteiger partial charge in [-0.05, 0) is 13.3 Å². The monoisotopic (exact) mass is 289 g/mol. The second-order valence-corrected chi connectivity index (χ2v) is 4.70. The van der Waals surface area contributed by atoms with E-state index < -0.39 is 17.5 Å². The van der Waals surface area contributed by atoms with Crippen LogP contribution < -0.4 is 5.32 Å². The van der Waals surface area contributed by atoms with Crippen LogP contribution in [0.15, 0.2) is 12.4 Å². The van der Waals surface area contributed by atoms with Crippen molar-refractivity contribution in [2.75, 3.05) is 11.9 Å². The molecule has 0 saturated carbocycles. The smallest absolute Gasteiger partial charge is 0.388 e. The fourth-order valence-corrected chi connectivity index (χ4v) is 1.49. The summed E-state index contributed by atoms with van der Waals surface area (Å²) in [6.45, 7) is 3.45. The highest BCUT2D eigenvalue weighted by molar-refractivity contribution is 5.45. The number of nitrogens with one attached hydrogen (secondary N) is 1. The van der Waals surface area contributed by atoms with Crippen molar-refractivity contribution in [2.24, 2.45) is 0 Å². The van der Waals surface area contributed by atoms with Crippen molar-refractivity contribution in [2.45, 2.75) is 32.0 Å². The van der Waals surface area contributed by atoms with E-state index in [-0.39, 0.29) is 18.1 Å². The van der Waals surface area contributed by atoms with Crippen molar-refractivity contribution in [1.29, 1.82) is 0 Å². The first-order valence-corrected chi connectivity index (χ1v) is 5.97. The highest BCUT2D eigenvalue weighted by Crippen LogP contribution is 2.29. The van der Waals surface area contributed by atoms with Gasteiger partial charge in [0.15, 0.2) is 5.69 Å². The van der Waals surface area contributed by atoms with Crippen molar-refractivity contribution in [3.63, 3.8) is 0 Å². The summed E-state index contributed by atoms with van der Waals surface area (Å²) in [5.74, 6) is -0.0768. The maximum atomic E-state index is 12.7. The molecule has 2 aromatic rings. The Morgan fingerprint density at radius 1 is 1.40 bits per heavy atom. The Hall–Kier alpha value is -1.90. The Bertz CT molecular complexity index is 608. The van der Waals surface area contributed by atoms with Gasteiger partial charge in [0.1, 0.15) is 12.1 Å². The fourth-order valence-electron chi connectivity index (χ4n) is 1.49. The molecule has 2 rings (SSSR count). The largest absolute Gasteiger partial charge is 0.433 e. The molecule has 0 amide bonds. The summed E-state index contributed by atoms with van der Waals surface area (Å²) in [4.78, 5) is 7.05. The molecule has 2 heterocycles. The van der Waals surface area contributed by atoms with Gasteiger partial charge in [-0.2, -0.15) is 27.8 Å². The van der Waals surface area contributed by atoms with E-state index in [1.165, 1.54) is 0 Å². The summed E-state index contributed by atoms with van der Waals surface area (Å²) in [6.07, 6.45) is -3.00. The van der Waals surface area contributed by atoms with Crippen molar-refractivity contribution in [3.05, 3.63) is 18.1 Å². The normalized spacial score (nSPS) is 15.3. The maximum absolute atomic E-state index is 12.7. The van der Waals surface area contributed by atoms with Crippen LogP contribution in [0, 0.1) is 0 Å². The minimum Gasteiger partial charge on any atom is -0.388 e. The molecular weight excluding hydrogens is 275 g/mol. The van der Waals surface area contributed by atoms with Crippen molar-refractivity contribution >= 4 is 11.6 Å². The Labute approximate surface area is 112 Å². The molecule has 0 radical (unpaired) electrons. The molecule has 9 heteroatoms. The highest BCUT2D eigenvalue weighted by atomic mass is 19.4. The van der Waals surface area contributed by atoms with Gasteiger partial charge in [0.25, 0.3) is 5.78 Å². The number of fused-ring (bicyclic) bond motifs is 1. The van der Waals surface area contributed by atoms with Crippen LogP contribution in [0.3, 0.4) is 0 Å². The van der Waals surface area contributed by atoms with E-state index >= 15 is 0 Å². The van der Waals surface area contributed by atoms with Gasteiger partial charge >= 0.3 is 6.18 Å². The molecule has 2 N–H and O–H groups in total. The molecule has 110 valence electrons. The Kier molecular flexibility index (Phi) is 3.55. The SMILES string of the molecule is CC[C@@](C)(O)CNc1cc(C(F)(F)F)nc2ncnn12. The van der Waals surface area contributed by atoms with Crippen LogP contribution >= 0.6 is 0 Å². The summed E-state index contributed by atoms with van der Waals surface area (Å²) in [5, 5.41) is 16.4. The quantitative estimate of drug-likeness (QED) is 0.896. The summed E-state index contributed by atoms with van der Waals surface area (Å²) in [6, 6.07) is 0.841. The van der Waals surface area contributed by atoms with Crippen molar-refractivity contribution < 1.29 is 18.3 Å². The maximum Gasteiger partial charge on any atom is 0.433 e. The molecule has 6 nitrogen and oxygen atoms in total. The third-order valence-corrected chi connectivity index (χ3v) is 2.95. The van der Waals surface area contributed by atoms with Crippen LogP contribution in [0.25, 0.3) is 5.78 Å². The third kappa shape index (κ3) is 2.98. The Morgan fingerprint density at radius 3 is 2.70 bits per heavy atom. The topological polar surface area (TPSA) is 75.3 Å². The summed E-state index contributed by atoms with van der Waals surface area (Å²) in [7, 11) is 0. The second kappa shape index (κ2) is 4.89. The molecule has 0 bridgehead atoms. The van der Waals surface area contributed by atoms with E-state index in [4.69, 9.17) is 0 Å². The molecule has 0 aliphatic rings. The van der Waals surface area contributed by atoms with Gasteiger partial charge in [-0.25, -0.2) is 4.98 Å². The molecule has 0 fully saturated rings. The van der Waals surface area contributed by atoms with Crippen LogP contribution in [0.1, 0.15) is 26.0 Å². The van der Waals surface area contributed by atoms with Crippen molar-refractivity contribution in [1.82, 2.24) is 19.6 Å². The summed E-state index contributed by atoms with van der Waals surface area (Å²) < 4.78 is 39.4. The van der Waals surface area contributed by atoms with Gasteiger partial charge < -0.3 is 10.4 Å². The van der Waals surface area contributed by atoms with E-state index in [1.54, 1.807) is 13.8 Å². The molecule has 2 aromatic heterocycles. The van der Waals surface area contributed by atoms with Crippen LogP contribution in [0.2, 0.25) is 0 Å². The Morgan fingerprint density at radius 2 is 2.10 bits per heavy atom. The number of anilines is 1. The van der Waals surface area contributed by atoms with Crippen molar-refractivity contribution in [3.8, 4) is 0 Å². The molecule has 0 saturated heterocycles. The van der Waals surface area contributed by atoms with Crippen LogP contribution in [-0.2, 0) is 6.18 Å². The molecule has 0 aliphatic carbocycles. The minimum atomic E-state index is -4.57. The lowest BCUT2D eigenvalue weighted by atomic mass is 10.0. The highest BCUT2D eigenvalue weighted by Gasteiger charge is 2.34. The summed E-state index contributed by atoms with van der Waals surface area (Å²) in [5.41, 5.74) is -2.09. The predicted octanol–water partition coefficient (Wildman–Crippen LogP) is 1.72. The van der Waals surface area contributed by atoms with Gasteiger partial charge in [-0.3, -0.25) is 0 Å². The van der Waals surface area contributed by atoms with Crippen LogP contribution in [-0.4, -0.2) is 36.8 Å². The van der Waals surface area contributed by atoms with Crippen LogP contribution in [0.5, 0.6) is 0 Å². The molecule has 0 unspecified atom stereocenters. The average molecular weight is 289 g/mol. The second-order valence-electron chi connectivity index (χ2n) is 4.70. The minimum absolute atomic E-state index is 0.0774. The zero-order chi connectivity index (χ0) is 15.0. The van der Waals surface area contributed by atoms with Gasteiger partial charge in [0, 0.05) is 12.6 Å².